The number of halogens is 1. The molecule has 0 amide bonds. The molecule has 1 rings (SSSR count). The van der Waals surface area contributed by atoms with Crippen molar-refractivity contribution >= 4 is 17.5 Å². The van der Waals surface area contributed by atoms with Gasteiger partial charge in [0.15, 0.2) is 0 Å². The third-order valence-electron chi connectivity index (χ3n) is 2.18. The molecule has 84 valence electrons. The Morgan fingerprint density at radius 3 is 2.40 bits per heavy atom. The first kappa shape index (κ1) is 12.2. The highest BCUT2D eigenvalue weighted by molar-refractivity contribution is 6.18. The summed E-state index contributed by atoms with van der Waals surface area (Å²) in [6.45, 7) is 8.72. The summed E-state index contributed by atoms with van der Waals surface area (Å²) in [6.07, 6.45) is 0. The maximum absolute atomic E-state index is 5.82. The Labute approximate surface area is 95.5 Å². The van der Waals surface area contributed by atoms with Gasteiger partial charge in [-0.25, -0.2) is 4.98 Å². The highest BCUT2D eigenvalue weighted by Gasteiger charge is 2.16. The van der Waals surface area contributed by atoms with Gasteiger partial charge in [0.1, 0.15) is 0 Å². The van der Waals surface area contributed by atoms with Gasteiger partial charge in [-0.2, -0.15) is 5.10 Å². The van der Waals surface area contributed by atoms with E-state index < -0.39 is 0 Å². The molecule has 1 aromatic heterocycles. The number of aromatic nitrogens is 3. The van der Waals surface area contributed by atoms with Crippen LogP contribution in [0.25, 0.3) is 0 Å². The zero-order chi connectivity index (χ0) is 11.5. The number of hydrogen-bond acceptors (Lipinski definition) is 4. The third-order valence-corrected chi connectivity index (χ3v) is 2.90. The number of nitrogens with one attached hydrogen (secondary N) is 1. The van der Waals surface area contributed by atoms with Crippen LogP contribution in [0.5, 0.6) is 0 Å². The molecule has 0 fully saturated rings. The van der Waals surface area contributed by atoms with Crippen molar-refractivity contribution in [3.05, 3.63) is 11.4 Å². The standard InChI is InChI=1S/C10H17ClN4/c1-7-8(2)14-15-9(13-7)12-6-10(3,4)5-11/h5-6H2,1-4H3,(H,12,13,15). The van der Waals surface area contributed by atoms with Gasteiger partial charge in [0.05, 0.1) is 11.4 Å². The van der Waals surface area contributed by atoms with Crippen molar-refractivity contribution in [2.75, 3.05) is 17.7 Å². The van der Waals surface area contributed by atoms with Gasteiger partial charge in [-0.05, 0) is 19.3 Å². The maximum atomic E-state index is 5.82. The minimum atomic E-state index is 0.0315. The summed E-state index contributed by atoms with van der Waals surface area (Å²) in [5, 5.41) is 11.1. The van der Waals surface area contributed by atoms with Crippen molar-refractivity contribution in [1.29, 1.82) is 0 Å². The lowest BCUT2D eigenvalue weighted by molar-refractivity contribution is 0.448. The Bertz CT molecular complexity index is 338. The van der Waals surface area contributed by atoms with E-state index in [4.69, 9.17) is 11.6 Å². The summed E-state index contributed by atoms with van der Waals surface area (Å²) in [7, 11) is 0. The van der Waals surface area contributed by atoms with Gasteiger partial charge in [0, 0.05) is 12.4 Å². The van der Waals surface area contributed by atoms with Crippen molar-refractivity contribution in [2.45, 2.75) is 27.7 Å². The third kappa shape index (κ3) is 3.63. The first-order valence-electron chi connectivity index (χ1n) is 4.92. The van der Waals surface area contributed by atoms with Crippen LogP contribution in [-0.4, -0.2) is 27.6 Å². The molecule has 0 aliphatic carbocycles. The molecule has 0 unspecified atom stereocenters. The lowest BCUT2D eigenvalue weighted by Crippen LogP contribution is -2.25. The molecule has 0 radical (unpaired) electrons. The monoisotopic (exact) mass is 228 g/mol. The van der Waals surface area contributed by atoms with E-state index in [0.717, 1.165) is 17.9 Å². The Kier molecular flexibility index (Phi) is 3.85. The number of alkyl halides is 1. The highest BCUT2D eigenvalue weighted by Crippen LogP contribution is 2.17. The average molecular weight is 229 g/mol. The highest BCUT2D eigenvalue weighted by atomic mass is 35.5. The number of nitrogens with zero attached hydrogens (tertiary/aromatic N) is 3. The van der Waals surface area contributed by atoms with Gasteiger partial charge in [0.2, 0.25) is 5.95 Å². The Hall–Kier alpha value is -0.900. The SMILES string of the molecule is Cc1nnc(NCC(C)(C)CCl)nc1C. The van der Waals surface area contributed by atoms with E-state index in [1.807, 2.05) is 13.8 Å². The quantitative estimate of drug-likeness (QED) is 0.803. The lowest BCUT2D eigenvalue weighted by Gasteiger charge is -2.21. The number of anilines is 1. The van der Waals surface area contributed by atoms with E-state index in [0.29, 0.717) is 11.8 Å². The molecular weight excluding hydrogens is 212 g/mol. The molecule has 0 atom stereocenters. The van der Waals surface area contributed by atoms with E-state index >= 15 is 0 Å². The number of hydrogen-bond donors (Lipinski definition) is 1. The second-order valence-corrected chi connectivity index (χ2v) is 4.72. The predicted molar refractivity (Wildman–Crippen MR) is 62.3 cm³/mol. The summed E-state index contributed by atoms with van der Waals surface area (Å²) in [5.41, 5.74) is 1.79. The topological polar surface area (TPSA) is 50.7 Å². The van der Waals surface area contributed by atoms with Crippen LogP contribution in [-0.2, 0) is 0 Å². The molecule has 0 aliphatic heterocycles. The summed E-state index contributed by atoms with van der Waals surface area (Å²) in [6, 6.07) is 0. The van der Waals surface area contributed by atoms with E-state index in [1.54, 1.807) is 0 Å². The van der Waals surface area contributed by atoms with Gasteiger partial charge in [0.25, 0.3) is 0 Å². The molecule has 0 saturated carbocycles. The molecule has 0 aromatic carbocycles. The molecule has 5 heteroatoms. The Morgan fingerprint density at radius 1 is 1.20 bits per heavy atom. The maximum Gasteiger partial charge on any atom is 0.242 e. The normalized spacial score (nSPS) is 11.5. The van der Waals surface area contributed by atoms with Crippen molar-refractivity contribution in [1.82, 2.24) is 15.2 Å². The molecule has 0 spiro atoms. The van der Waals surface area contributed by atoms with Gasteiger partial charge >= 0.3 is 0 Å². The van der Waals surface area contributed by atoms with Crippen LogP contribution >= 0.6 is 11.6 Å². The van der Waals surface area contributed by atoms with Crippen molar-refractivity contribution < 1.29 is 0 Å². The fraction of sp³-hybridized carbons (Fsp3) is 0.700. The van der Waals surface area contributed by atoms with Crippen LogP contribution in [0.2, 0.25) is 0 Å². The fourth-order valence-corrected chi connectivity index (χ4v) is 0.992. The second kappa shape index (κ2) is 4.75. The smallest absolute Gasteiger partial charge is 0.242 e. The van der Waals surface area contributed by atoms with Crippen LogP contribution in [0.1, 0.15) is 25.2 Å². The molecule has 1 heterocycles. The van der Waals surface area contributed by atoms with Gasteiger partial charge in [-0.1, -0.05) is 13.8 Å². The first-order chi connectivity index (χ1) is 6.94. The molecule has 1 aromatic rings. The first-order valence-corrected chi connectivity index (χ1v) is 5.46. The lowest BCUT2D eigenvalue weighted by atomic mass is 9.97. The number of aryl methyl sites for hydroxylation is 2. The second-order valence-electron chi connectivity index (χ2n) is 4.46. The van der Waals surface area contributed by atoms with Crippen LogP contribution in [0.15, 0.2) is 0 Å². The van der Waals surface area contributed by atoms with E-state index in [1.165, 1.54) is 0 Å². The molecule has 0 bridgehead atoms. The summed E-state index contributed by atoms with van der Waals surface area (Å²) >= 11 is 5.82. The average Bonchev–Trinajstić information content (AvgIpc) is 2.20. The van der Waals surface area contributed by atoms with Crippen LogP contribution in [0, 0.1) is 19.3 Å². The number of rotatable bonds is 4. The Morgan fingerprint density at radius 2 is 1.87 bits per heavy atom. The zero-order valence-corrected chi connectivity index (χ0v) is 10.4. The molecule has 1 N–H and O–H groups in total. The summed E-state index contributed by atoms with van der Waals surface area (Å²) < 4.78 is 0. The van der Waals surface area contributed by atoms with Gasteiger partial charge in [-0.15, -0.1) is 16.7 Å². The van der Waals surface area contributed by atoms with Gasteiger partial charge in [-0.3, -0.25) is 0 Å². The Balaban J connectivity index is 2.62. The van der Waals surface area contributed by atoms with Crippen LogP contribution in [0.3, 0.4) is 0 Å². The van der Waals surface area contributed by atoms with E-state index in [9.17, 15) is 0 Å². The van der Waals surface area contributed by atoms with Crippen LogP contribution < -0.4 is 5.32 Å². The van der Waals surface area contributed by atoms with Crippen molar-refractivity contribution in [2.24, 2.45) is 5.41 Å². The minimum absolute atomic E-state index is 0.0315. The van der Waals surface area contributed by atoms with Gasteiger partial charge < -0.3 is 5.32 Å². The van der Waals surface area contributed by atoms with E-state index in [-0.39, 0.29) is 5.41 Å². The molecule has 4 nitrogen and oxygen atoms in total. The van der Waals surface area contributed by atoms with Crippen molar-refractivity contribution in [3.63, 3.8) is 0 Å². The minimum Gasteiger partial charge on any atom is -0.352 e. The summed E-state index contributed by atoms with van der Waals surface area (Å²) in [5.74, 6) is 1.16. The molecule has 0 saturated heterocycles. The van der Waals surface area contributed by atoms with Crippen LogP contribution in [0.4, 0.5) is 5.95 Å². The summed E-state index contributed by atoms with van der Waals surface area (Å²) in [4.78, 5) is 4.28. The largest absolute Gasteiger partial charge is 0.352 e. The van der Waals surface area contributed by atoms with E-state index in [2.05, 4.69) is 34.3 Å². The molecule has 0 aliphatic rings. The van der Waals surface area contributed by atoms with Crippen molar-refractivity contribution in [3.8, 4) is 0 Å². The predicted octanol–water partition coefficient (Wildman–Crippen LogP) is 2.17. The molecular formula is C10H17ClN4. The zero-order valence-electron chi connectivity index (χ0n) is 9.63. The fourth-order valence-electron chi connectivity index (χ4n) is 0.897. The molecule has 15 heavy (non-hydrogen) atoms.